The Morgan fingerprint density at radius 1 is 1.07 bits per heavy atom. The van der Waals surface area contributed by atoms with Gasteiger partial charge in [0, 0.05) is 18.2 Å². The van der Waals surface area contributed by atoms with Crippen LogP contribution in [0.5, 0.6) is 0 Å². The largest absolute Gasteiger partial charge is 0.373 e. The first-order valence-electron chi connectivity index (χ1n) is 8.95. The number of aryl methyl sites for hydroxylation is 2. The normalized spacial score (nSPS) is 15.4. The number of nitrogens with zero attached hydrogens (tertiary/aromatic N) is 2. The molecule has 2 N–H and O–H groups in total. The van der Waals surface area contributed by atoms with Crippen LogP contribution in [0.3, 0.4) is 0 Å². The molecule has 1 aliphatic rings. The van der Waals surface area contributed by atoms with Crippen LogP contribution in [-0.2, 0) is 9.59 Å². The first-order valence-corrected chi connectivity index (χ1v) is 8.95. The zero-order chi connectivity index (χ0) is 19.6. The second kappa shape index (κ2) is 7.61. The van der Waals surface area contributed by atoms with Crippen LogP contribution in [0.15, 0.2) is 47.6 Å². The van der Waals surface area contributed by atoms with Crippen LogP contribution >= 0.6 is 0 Å². The van der Waals surface area contributed by atoms with E-state index in [1.165, 1.54) is 6.92 Å². The fourth-order valence-electron chi connectivity index (χ4n) is 3.19. The quantitative estimate of drug-likeness (QED) is 0.819. The van der Waals surface area contributed by atoms with Crippen molar-refractivity contribution >= 4 is 28.9 Å². The fraction of sp³-hybridized carbons (Fsp3) is 0.286. The number of nitrogens with one attached hydrogen (secondary N) is 2. The third kappa shape index (κ3) is 3.84. The lowest BCUT2D eigenvalue weighted by molar-refractivity contribution is -0.121. The van der Waals surface area contributed by atoms with Crippen molar-refractivity contribution in [1.82, 2.24) is 5.43 Å². The van der Waals surface area contributed by atoms with Crippen molar-refractivity contribution in [2.24, 2.45) is 5.10 Å². The molecule has 3 rings (SSSR count). The van der Waals surface area contributed by atoms with Gasteiger partial charge in [-0.05, 0) is 38.0 Å². The van der Waals surface area contributed by atoms with E-state index in [4.69, 9.17) is 0 Å². The highest BCUT2D eigenvalue weighted by molar-refractivity contribution is 6.17. The molecule has 0 unspecified atom stereocenters. The summed E-state index contributed by atoms with van der Waals surface area (Å²) in [6.45, 7) is 7.69. The molecule has 0 bridgehead atoms. The molecule has 0 saturated carbocycles. The van der Waals surface area contributed by atoms with E-state index in [0.29, 0.717) is 12.3 Å². The number of benzene rings is 2. The molecule has 0 aromatic heterocycles. The standard InChI is InChI=1S/C21H24N4O2/c1-13-8-7-9-14(2)20(13)22-15(3)21(27)24-23-18-12-25(16(4)26)19-11-6-5-10-17(18)19/h5-11,15,22H,12H2,1-4H3,(H,24,27)/t15-/m0/s1. The van der Waals surface area contributed by atoms with Gasteiger partial charge in [-0.25, -0.2) is 5.43 Å². The average molecular weight is 364 g/mol. The highest BCUT2D eigenvalue weighted by Gasteiger charge is 2.27. The Hall–Kier alpha value is -3.15. The SMILES string of the molecule is CC(=O)N1CC(=NNC(=O)[C@H](C)Nc2c(C)cccc2C)c2ccccc21. The number of para-hydroxylation sites is 2. The molecular formula is C21H24N4O2. The molecule has 2 aromatic carbocycles. The van der Waals surface area contributed by atoms with Crippen molar-refractivity contribution in [3.05, 3.63) is 59.2 Å². The van der Waals surface area contributed by atoms with Crippen LogP contribution in [0.25, 0.3) is 0 Å². The van der Waals surface area contributed by atoms with E-state index in [-0.39, 0.29) is 11.8 Å². The van der Waals surface area contributed by atoms with Crippen LogP contribution in [0.4, 0.5) is 11.4 Å². The molecule has 1 atom stereocenters. The van der Waals surface area contributed by atoms with Gasteiger partial charge in [-0.2, -0.15) is 5.10 Å². The second-order valence-electron chi connectivity index (χ2n) is 6.79. The van der Waals surface area contributed by atoms with Gasteiger partial charge in [-0.1, -0.05) is 36.4 Å². The van der Waals surface area contributed by atoms with Gasteiger partial charge in [0.05, 0.1) is 17.9 Å². The summed E-state index contributed by atoms with van der Waals surface area (Å²) in [6.07, 6.45) is 0. The minimum atomic E-state index is -0.449. The Balaban J connectivity index is 1.72. The molecular weight excluding hydrogens is 340 g/mol. The number of carbonyl (C=O) groups excluding carboxylic acids is 2. The molecule has 1 aliphatic heterocycles. The van der Waals surface area contributed by atoms with E-state index in [1.807, 2.05) is 56.3 Å². The molecule has 2 aromatic rings. The van der Waals surface area contributed by atoms with Gasteiger partial charge in [-0.15, -0.1) is 0 Å². The van der Waals surface area contributed by atoms with Crippen molar-refractivity contribution in [1.29, 1.82) is 0 Å². The molecule has 0 aliphatic carbocycles. The Kier molecular flexibility index (Phi) is 5.26. The Labute approximate surface area is 159 Å². The van der Waals surface area contributed by atoms with E-state index < -0.39 is 6.04 Å². The lowest BCUT2D eigenvalue weighted by Crippen LogP contribution is -2.36. The lowest BCUT2D eigenvalue weighted by Gasteiger charge is -2.17. The first-order chi connectivity index (χ1) is 12.9. The third-order valence-electron chi connectivity index (χ3n) is 4.73. The topological polar surface area (TPSA) is 73.8 Å². The first kappa shape index (κ1) is 18.6. The zero-order valence-electron chi connectivity index (χ0n) is 16.0. The molecule has 27 heavy (non-hydrogen) atoms. The van der Waals surface area contributed by atoms with Crippen LogP contribution in [0.2, 0.25) is 0 Å². The highest BCUT2D eigenvalue weighted by atomic mass is 16.2. The smallest absolute Gasteiger partial charge is 0.262 e. The van der Waals surface area contributed by atoms with Gasteiger partial charge in [0.1, 0.15) is 6.04 Å². The summed E-state index contributed by atoms with van der Waals surface area (Å²) in [5, 5.41) is 7.54. The minimum Gasteiger partial charge on any atom is -0.373 e. The molecule has 6 heteroatoms. The Morgan fingerprint density at radius 3 is 2.41 bits per heavy atom. The van der Waals surface area contributed by atoms with Crippen molar-refractivity contribution in [3.63, 3.8) is 0 Å². The number of carbonyl (C=O) groups is 2. The maximum atomic E-state index is 12.5. The summed E-state index contributed by atoms with van der Waals surface area (Å²) in [4.78, 5) is 26.0. The van der Waals surface area contributed by atoms with Gasteiger partial charge in [0.2, 0.25) is 5.91 Å². The number of rotatable bonds is 4. The van der Waals surface area contributed by atoms with E-state index in [9.17, 15) is 9.59 Å². The summed E-state index contributed by atoms with van der Waals surface area (Å²) in [5.74, 6) is -0.284. The van der Waals surface area contributed by atoms with Crippen LogP contribution in [-0.4, -0.2) is 30.1 Å². The Bertz CT molecular complexity index is 900. The maximum Gasteiger partial charge on any atom is 0.262 e. The van der Waals surface area contributed by atoms with Crippen molar-refractivity contribution in [2.45, 2.75) is 33.7 Å². The van der Waals surface area contributed by atoms with Crippen LogP contribution < -0.4 is 15.6 Å². The molecule has 0 saturated heterocycles. The molecule has 2 amide bonds. The number of hydrogen-bond donors (Lipinski definition) is 2. The molecule has 6 nitrogen and oxygen atoms in total. The van der Waals surface area contributed by atoms with Gasteiger partial charge >= 0.3 is 0 Å². The summed E-state index contributed by atoms with van der Waals surface area (Å²) in [7, 11) is 0. The maximum absolute atomic E-state index is 12.5. The van der Waals surface area contributed by atoms with Gasteiger partial charge in [0.25, 0.3) is 5.91 Å². The molecule has 0 radical (unpaired) electrons. The summed E-state index contributed by atoms with van der Waals surface area (Å²) >= 11 is 0. The fourth-order valence-corrected chi connectivity index (χ4v) is 3.19. The van der Waals surface area contributed by atoms with Crippen molar-refractivity contribution < 1.29 is 9.59 Å². The van der Waals surface area contributed by atoms with E-state index in [0.717, 1.165) is 28.1 Å². The van der Waals surface area contributed by atoms with E-state index in [1.54, 1.807) is 11.8 Å². The van der Waals surface area contributed by atoms with Gasteiger partial charge in [-0.3, -0.25) is 9.59 Å². The molecule has 1 heterocycles. The predicted molar refractivity (Wildman–Crippen MR) is 108 cm³/mol. The number of fused-ring (bicyclic) bond motifs is 1. The van der Waals surface area contributed by atoms with E-state index >= 15 is 0 Å². The number of hydrogen-bond acceptors (Lipinski definition) is 4. The number of anilines is 2. The van der Waals surface area contributed by atoms with E-state index in [2.05, 4.69) is 15.8 Å². The van der Waals surface area contributed by atoms with Gasteiger partial charge < -0.3 is 10.2 Å². The molecule has 0 spiro atoms. The monoisotopic (exact) mass is 364 g/mol. The van der Waals surface area contributed by atoms with Crippen molar-refractivity contribution in [2.75, 3.05) is 16.8 Å². The average Bonchev–Trinajstić information content (AvgIpc) is 3.02. The Morgan fingerprint density at radius 2 is 1.74 bits per heavy atom. The summed E-state index contributed by atoms with van der Waals surface area (Å²) < 4.78 is 0. The highest BCUT2D eigenvalue weighted by Crippen LogP contribution is 2.28. The van der Waals surface area contributed by atoms with Crippen LogP contribution in [0.1, 0.15) is 30.5 Å². The second-order valence-corrected chi connectivity index (χ2v) is 6.79. The molecule has 140 valence electrons. The van der Waals surface area contributed by atoms with Crippen molar-refractivity contribution in [3.8, 4) is 0 Å². The molecule has 0 fully saturated rings. The minimum absolute atomic E-state index is 0.0518. The van der Waals surface area contributed by atoms with Crippen LogP contribution in [0, 0.1) is 13.8 Å². The summed E-state index contributed by atoms with van der Waals surface area (Å²) in [6, 6.07) is 13.1. The summed E-state index contributed by atoms with van der Waals surface area (Å²) in [5.41, 5.74) is 8.12. The zero-order valence-corrected chi connectivity index (χ0v) is 16.0. The number of hydrazone groups is 1. The third-order valence-corrected chi connectivity index (χ3v) is 4.73. The number of amides is 2. The van der Waals surface area contributed by atoms with Gasteiger partial charge in [0.15, 0.2) is 0 Å². The lowest BCUT2D eigenvalue weighted by atomic mass is 10.1. The predicted octanol–water partition coefficient (Wildman–Crippen LogP) is 2.99.